The van der Waals surface area contributed by atoms with E-state index in [1.165, 1.54) is 10.4 Å². The Bertz CT molecular complexity index is 697. The van der Waals surface area contributed by atoms with Gasteiger partial charge < -0.3 is 15.0 Å². The van der Waals surface area contributed by atoms with Crippen molar-refractivity contribution in [2.45, 2.75) is 25.4 Å². The van der Waals surface area contributed by atoms with E-state index in [4.69, 9.17) is 4.74 Å². The topological polar surface area (TPSA) is 41.6 Å². The Morgan fingerprint density at radius 3 is 3.18 bits per heavy atom. The number of urea groups is 1. The fourth-order valence-electron chi connectivity index (χ4n) is 3.15. The number of thiophene rings is 1. The monoisotopic (exact) mass is 314 g/mol. The highest BCUT2D eigenvalue weighted by Gasteiger charge is 2.26. The van der Waals surface area contributed by atoms with Crippen LogP contribution >= 0.6 is 11.3 Å². The summed E-state index contributed by atoms with van der Waals surface area (Å²) in [7, 11) is 0. The van der Waals surface area contributed by atoms with Gasteiger partial charge in [0.25, 0.3) is 0 Å². The fraction of sp³-hybridized carbons (Fsp3) is 0.353. The van der Waals surface area contributed by atoms with Crippen molar-refractivity contribution in [1.82, 2.24) is 10.2 Å². The second-order valence-electron chi connectivity index (χ2n) is 5.72. The predicted molar refractivity (Wildman–Crippen MR) is 86.3 cm³/mol. The van der Waals surface area contributed by atoms with Crippen LogP contribution in [0.5, 0.6) is 5.75 Å². The van der Waals surface area contributed by atoms with E-state index in [1.54, 1.807) is 11.3 Å². The van der Waals surface area contributed by atoms with Gasteiger partial charge in [-0.3, -0.25) is 0 Å². The number of hydrogen-bond acceptors (Lipinski definition) is 3. The zero-order valence-electron chi connectivity index (χ0n) is 12.2. The minimum atomic E-state index is 0.0264. The largest absolute Gasteiger partial charge is 0.493 e. The van der Waals surface area contributed by atoms with E-state index in [-0.39, 0.29) is 12.1 Å². The highest BCUT2D eigenvalue weighted by Crippen LogP contribution is 2.32. The molecule has 0 radical (unpaired) electrons. The molecule has 0 bridgehead atoms. The van der Waals surface area contributed by atoms with Crippen molar-refractivity contribution < 1.29 is 9.53 Å². The Kier molecular flexibility index (Phi) is 3.50. The molecule has 2 aliphatic rings. The number of para-hydroxylation sites is 1. The first-order chi connectivity index (χ1) is 10.8. The van der Waals surface area contributed by atoms with Gasteiger partial charge in [-0.25, -0.2) is 4.79 Å². The average Bonchev–Trinajstić information content (AvgIpc) is 3.02. The summed E-state index contributed by atoms with van der Waals surface area (Å²) in [6.07, 6.45) is 1.78. The average molecular weight is 314 g/mol. The Balaban J connectivity index is 1.47. The standard InChI is InChI=1S/C17H18N2O2S/c20-17(19-8-5-16-12(11-19)7-10-22-16)18-14-6-9-21-15-4-2-1-3-13(14)15/h1-4,7,10,14H,5-6,8-9,11H2,(H,18,20)/t14-/m1/s1. The number of hydrogen-bond donors (Lipinski definition) is 1. The number of fused-ring (bicyclic) bond motifs is 2. The lowest BCUT2D eigenvalue weighted by atomic mass is 10.0. The Morgan fingerprint density at radius 2 is 2.23 bits per heavy atom. The molecule has 1 aromatic carbocycles. The van der Waals surface area contributed by atoms with Gasteiger partial charge in [-0.2, -0.15) is 0 Å². The van der Waals surface area contributed by atoms with E-state index in [0.29, 0.717) is 6.61 Å². The molecule has 0 spiro atoms. The lowest BCUT2D eigenvalue weighted by Crippen LogP contribution is -2.44. The van der Waals surface area contributed by atoms with E-state index in [1.807, 2.05) is 29.2 Å². The van der Waals surface area contributed by atoms with Gasteiger partial charge in [0.05, 0.1) is 12.6 Å². The normalized spacial score (nSPS) is 19.8. The summed E-state index contributed by atoms with van der Waals surface area (Å²) < 4.78 is 5.65. The van der Waals surface area contributed by atoms with Crippen molar-refractivity contribution in [2.75, 3.05) is 13.2 Å². The second kappa shape index (κ2) is 5.65. The van der Waals surface area contributed by atoms with E-state index >= 15 is 0 Å². The van der Waals surface area contributed by atoms with Crippen LogP contribution in [0.25, 0.3) is 0 Å². The van der Waals surface area contributed by atoms with Crippen LogP contribution < -0.4 is 10.1 Å². The molecule has 22 heavy (non-hydrogen) atoms. The quantitative estimate of drug-likeness (QED) is 0.877. The van der Waals surface area contributed by atoms with E-state index in [9.17, 15) is 4.79 Å². The molecule has 1 atom stereocenters. The number of rotatable bonds is 1. The van der Waals surface area contributed by atoms with Gasteiger partial charge in [-0.15, -0.1) is 11.3 Å². The van der Waals surface area contributed by atoms with Crippen LogP contribution in [0, 0.1) is 0 Å². The van der Waals surface area contributed by atoms with Crippen LogP contribution in [-0.4, -0.2) is 24.1 Å². The number of nitrogens with zero attached hydrogens (tertiary/aromatic N) is 1. The Labute approximate surface area is 133 Å². The highest BCUT2D eigenvalue weighted by molar-refractivity contribution is 7.10. The summed E-state index contributed by atoms with van der Waals surface area (Å²) in [6.45, 7) is 2.16. The smallest absolute Gasteiger partial charge is 0.318 e. The number of ether oxygens (including phenoxy) is 1. The lowest BCUT2D eigenvalue weighted by molar-refractivity contribution is 0.181. The third kappa shape index (κ3) is 2.46. The number of carbonyl (C=O) groups is 1. The minimum absolute atomic E-state index is 0.0264. The van der Waals surface area contributed by atoms with Gasteiger partial charge in [0.1, 0.15) is 5.75 Å². The van der Waals surface area contributed by atoms with Crippen LogP contribution in [0.1, 0.15) is 28.5 Å². The van der Waals surface area contributed by atoms with Gasteiger partial charge >= 0.3 is 6.03 Å². The molecule has 5 heteroatoms. The first kappa shape index (κ1) is 13.6. The van der Waals surface area contributed by atoms with Crippen LogP contribution in [-0.2, 0) is 13.0 Å². The highest BCUT2D eigenvalue weighted by atomic mass is 32.1. The van der Waals surface area contributed by atoms with Crippen molar-refractivity contribution in [2.24, 2.45) is 0 Å². The third-order valence-electron chi connectivity index (χ3n) is 4.35. The number of amides is 2. The molecule has 114 valence electrons. The SMILES string of the molecule is O=C(N[C@@H]1CCOc2ccccc21)N1CCc2sccc2C1. The van der Waals surface area contributed by atoms with Crippen LogP contribution in [0.3, 0.4) is 0 Å². The molecule has 4 rings (SSSR count). The second-order valence-corrected chi connectivity index (χ2v) is 6.72. The lowest BCUT2D eigenvalue weighted by Gasteiger charge is -2.31. The van der Waals surface area contributed by atoms with Gasteiger partial charge in [-0.05, 0) is 29.5 Å². The molecular formula is C17H18N2O2S. The first-order valence-electron chi connectivity index (χ1n) is 7.63. The molecule has 2 aliphatic heterocycles. The number of carbonyl (C=O) groups excluding carboxylic acids is 1. The maximum absolute atomic E-state index is 12.6. The molecule has 1 aromatic heterocycles. The molecule has 0 saturated heterocycles. The minimum Gasteiger partial charge on any atom is -0.493 e. The summed E-state index contributed by atoms with van der Waals surface area (Å²) in [5, 5.41) is 5.29. The van der Waals surface area contributed by atoms with Gasteiger partial charge in [0.15, 0.2) is 0 Å². The van der Waals surface area contributed by atoms with Crippen LogP contribution in [0.4, 0.5) is 4.79 Å². The molecular weight excluding hydrogens is 296 g/mol. The van der Waals surface area contributed by atoms with Gasteiger partial charge in [0.2, 0.25) is 0 Å². The van der Waals surface area contributed by atoms with E-state index in [2.05, 4.69) is 16.8 Å². The Morgan fingerprint density at radius 1 is 1.32 bits per heavy atom. The molecule has 3 heterocycles. The Hall–Kier alpha value is -2.01. The molecule has 0 unspecified atom stereocenters. The molecule has 0 saturated carbocycles. The fourth-order valence-corrected chi connectivity index (χ4v) is 4.04. The van der Waals surface area contributed by atoms with Crippen LogP contribution in [0.2, 0.25) is 0 Å². The zero-order chi connectivity index (χ0) is 14.9. The third-order valence-corrected chi connectivity index (χ3v) is 5.37. The maximum atomic E-state index is 12.6. The zero-order valence-corrected chi connectivity index (χ0v) is 13.1. The summed E-state index contributed by atoms with van der Waals surface area (Å²) in [5.74, 6) is 0.887. The van der Waals surface area contributed by atoms with Crippen molar-refractivity contribution in [1.29, 1.82) is 0 Å². The predicted octanol–water partition coefficient (Wildman–Crippen LogP) is 3.34. The van der Waals surface area contributed by atoms with Crippen molar-refractivity contribution in [3.63, 3.8) is 0 Å². The first-order valence-corrected chi connectivity index (χ1v) is 8.51. The number of benzene rings is 1. The molecule has 1 N–H and O–H groups in total. The van der Waals surface area contributed by atoms with Gasteiger partial charge in [-0.1, -0.05) is 18.2 Å². The number of nitrogens with one attached hydrogen (secondary N) is 1. The van der Waals surface area contributed by atoms with Crippen LogP contribution in [0.15, 0.2) is 35.7 Å². The van der Waals surface area contributed by atoms with Crippen molar-refractivity contribution in [3.8, 4) is 5.75 Å². The summed E-state index contributed by atoms with van der Waals surface area (Å²) >= 11 is 1.79. The summed E-state index contributed by atoms with van der Waals surface area (Å²) in [5.41, 5.74) is 2.37. The van der Waals surface area contributed by atoms with E-state index < -0.39 is 0 Å². The van der Waals surface area contributed by atoms with Crippen molar-refractivity contribution >= 4 is 17.4 Å². The van der Waals surface area contributed by atoms with E-state index in [0.717, 1.165) is 37.2 Å². The van der Waals surface area contributed by atoms with Crippen molar-refractivity contribution in [3.05, 3.63) is 51.7 Å². The maximum Gasteiger partial charge on any atom is 0.318 e. The molecule has 2 amide bonds. The molecule has 4 nitrogen and oxygen atoms in total. The molecule has 0 aliphatic carbocycles. The molecule has 2 aromatic rings. The molecule has 0 fully saturated rings. The summed E-state index contributed by atoms with van der Waals surface area (Å²) in [6, 6.07) is 10.2. The van der Waals surface area contributed by atoms with Gasteiger partial charge in [0, 0.05) is 30.0 Å². The summed E-state index contributed by atoms with van der Waals surface area (Å²) in [4.78, 5) is 15.9.